The van der Waals surface area contributed by atoms with Gasteiger partial charge < -0.3 is 10.1 Å². The van der Waals surface area contributed by atoms with Crippen LogP contribution in [-0.2, 0) is 0 Å². The van der Waals surface area contributed by atoms with Gasteiger partial charge in [-0.15, -0.1) is 0 Å². The van der Waals surface area contributed by atoms with Crippen LogP contribution >= 0.6 is 11.6 Å². The smallest absolute Gasteiger partial charge is 0.255 e. The Bertz CT molecular complexity index is 779. The minimum absolute atomic E-state index is 0.173. The highest BCUT2D eigenvalue weighted by atomic mass is 35.5. The highest BCUT2D eigenvalue weighted by Gasteiger charge is 2.28. The summed E-state index contributed by atoms with van der Waals surface area (Å²) in [5.74, 6) is 0.653. The second-order valence-corrected chi connectivity index (χ2v) is 6.37. The third-order valence-electron chi connectivity index (χ3n) is 4.31. The number of nitrogens with zero attached hydrogens (tertiary/aromatic N) is 1. The van der Waals surface area contributed by atoms with Crippen LogP contribution in [0, 0.1) is 27.7 Å². The van der Waals surface area contributed by atoms with Crippen molar-refractivity contribution in [3.8, 4) is 5.75 Å². The third-order valence-corrected chi connectivity index (χ3v) is 4.58. The van der Waals surface area contributed by atoms with E-state index >= 15 is 0 Å². The zero-order valence-electron chi connectivity index (χ0n) is 13.7. The minimum Gasteiger partial charge on any atom is -0.490 e. The maximum Gasteiger partial charge on any atom is 0.255 e. The number of rotatable bonds is 2. The molecule has 0 saturated carbocycles. The molecule has 0 unspecified atom stereocenters. The van der Waals surface area contributed by atoms with Gasteiger partial charge in [0, 0.05) is 11.3 Å². The molecule has 0 fully saturated rings. The van der Waals surface area contributed by atoms with Gasteiger partial charge in [0.2, 0.25) is 0 Å². The number of carbonyl (C=O) groups is 1. The second-order valence-electron chi connectivity index (χ2n) is 6.01. The van der Waals surface area contributed by atoms with Crippen LogP contribution in [0.5, 0.6) is 5.75 Å². The lowest BCUT2D eigenvalue weighted by atomic mass is 10.0. The van der Waals surface area contributed by atoms with Crippen molar-refractivity contribution in [1.82, 2.24) is 10.3 Å². The van der Waals surface area contributed by atoms with E-state index in [4.69, 9.17) is 16.3 Å². The number of amides is 1. The molecule has 0 radical (unpaired) electrons. The summed E-state index contributed by atoms with van der Waals surface area (Å²) >= 11 is 6.16. The molecule has 1 aliphatic heterocycles. The fourth-order valence-corrected chi connectivity index (χ4v) is 3.32. The average Bonchev–Trinajstić information content (AvgIpc) is 2.85. The molecule has 1 amide bonds. The van der Waals surface area contributed by atoms with E-state index in [9.17, 15) is 4.79 Å². The zero-order chi connectivity index (χ0) is 16.7. The fraction of sp³-hybridized carbons (Fsp3) is 0.333. The molecule has 1 aliphatic rings. The molecule has 1 N–H and O–H groups in total. The number of benzene rings is 1. The predicted octanol–water partition coefficient (Wildman–Crippen LogP) is 3.83. The summed E-state index contributed by atoms with van der Waals surface area (Å²) < 4.78 is 5.78. The lowest BCUT2D eigenvalue weighted by Gasteiger charge is -2.14. The number of ether oxygens (including phenoxy) is 1. The second kappa shape index (κ2) is 5.85. The Morgan fingerprint density at radius 2 is 2.00 bits per heavy atom. The number of hydrogen-bond donors (Lipinski definition) is 1. The van der Waals surface area contributed by atoms with Gasteiger partial charge in [0.25, 0.3) is 5.91 Å². The van der Waals surface area contributed by atoms with Gasteiger partial charge in [-0.1, -0.05) is 23.7 Å². The van der Waals surface area contributed by atoms with E-state index in [1.54, 1.807) is 0 Å². The van der Waals surface area contributed by atoms with Crippen molar-refractivity contribution in [1.29, 1.82) is 0 Å². The topological polar surface area (TPSA) is 51.2 Å². The van der Waals surface area contributed by atoms with Crippen LogP contribution in [0.1, 0.15) is 44.3 Å². The Labute approximate surface area is 140 Å². The SMILES string of the molecule is Cc1cc(C)c(C(=O)N[C@@H]2COc3c2ccc(C)c3C)c(Cl)n1. The van der Waals surface area contributed by atoms with Gasteiger partial charge in [0.1, 0.15) is 17.5 Å². The number of fused-ring (bicyclic) bond motifs is 1. The molecule has 0 aliphatic carbocycles. The first-order chi connectivity index (χ1) is 10.9. The van der Waals surface area contributed by atoms with Crippen LogP contribution in [0.2, 0.25) is 5.15 Å². The molecule has 5 heteroatoms. The van der Waals surface area contributed by atoms with Crippen molar-refractivity contribution in [2.45, 2.75) is 33.7 Å². The van der Waals surface area contributed by atoms with E-state index in [0.29, 0.717) is 12.2 Å². The lowest BCUT2D eigenvalue weighted by molar-refractivity contribution is 0.0929. The van der Waals surface area contributed by atoms with Crippen molar-refractivity contribution in [2.24, 2.45) is 0 Å². The van der Waals surface area contributed by atoms with Crippen LogP contribution in [0.3, 0.4) is 0 Å². The molecule has 23 heavy (non-hydrogen) atoms. The number of halogens is 1. The molecule has 1 aromatic heterocycles. The molecule has 120 valence electrons. The monoisotopic (exact) mass is 330 g/mol. The van der Waals surface area contributed by atoms with E-state index < -0.39 is 0 Å². The van der Waals surface area contributed by atoms with Gasteiger partial charge in [0.15, 0.2) is 0 Å². The summed E-state index contributed by atoms with van der Waals surface area (Å²) in [7, 11) is 0. The number of nitrogens with one attached hydrogen (secondary N) is 1. The van der Waals surface area contributed by atoms with Gasteiger partial charge >= 0.3 is 0 Å². The van der Waals surface area contributed by atoms with Gasteiger partial charge in [-0.3, -0.25) is 4.79 Å². The Morgan fingerprint density at radius 1 is 1.26 bits per heavy atom. The van der Waals surface area contributed by atoms with Crippen LogP contribution < -0.4 is 10.1 Å². The van der Waals surface area contributed by atoms with Crippen LogP contribution in [-0.4, -0.2) is 17.5 Å². The van der Waals surface area contributed by atoms with Crippen molar-refractivity contribution in [2.75, 3.05) is 6.61 Å². The standard InChI is InChI=1S/C18H19ClN2O2/c1-9-5-6-13-14(8-23-16(13)12(9)4)21-18(22)15-10(2)7-11(3)20-17(15)19/h5-7,14H,8H2,1-4H3,(H,21,22)/t14-/m1/s1. The highest BCUT2D eigenvalue weighted by Crippen LogP contribution is 2.37. The van der Waals surface area contributed by atoms with E-state index in [1.165, 1.54) is 5.56 Å². The van der Waals surface area contributed by atoms with Crippen molar-refractivity contribution in [3.63, 3.8) is 0 Å². The Kier molecular flexibility index (Phi) is 4.02. The Hall–Kier alpha value is -2.07. The molecule has 0 spiro atoms. The zero-order valence-corrected chi connectivity index (χ0v) is 14.4. The normalized spacial score (nSPS) is 16.0. The molecule has 1 atom stereocenters. The summed E-state index contributed by atoms with van der Waals surface area (Å²) in [6.07, 6.45) is 0. The number of aromatic nitrogens is 1. The maximum absolute atomic E-state index is 12.6. The number of pyridine rings is 1. The molecule has 0 saturated heterocycles. The Morgan fingerprint density at radius 3 is 2.70 bits per heavy atom. The van der Waals surface area contributed by atoms with E-state index in [1.807, 2.05) is 45.9 Å². The summed E-state index contributed by atoms with van der Waals surface area (Å²) in [5, 5.41) is 3.25. The molecule has 0 bridgehead atoms. The molecular formula is C18H19ClN2O2. The predicted molar refractivity (Wildman–Crippen MR) is 90.3 cm³/mol. The first-order valence-electron chi connectivity index (χ1n) is 7.56. The van der Waals surface area contributed by atoms with Gasteiger partial charge in [0.05, 0.1) is 11.6 Å². The van der Waals surface area contributed by atoms with Gasteiger partial charge in [-0.2, -0.15) is 0 Å². The summed E-state index contributed by atoms with van der Waals surface area (Å²) in [4.78, 5) is 16.8. The molecular weight excluding hydrogens is 312 g/mol. The molecule has 3 rings (SSSR count). The average molecular weight is 331 g/mol. The first-order valence-corrected chi connectivity index (χ1v) is 7.93. The summed E-state index contributed by atoms with van der Waals surface area (Å²) in [6.45, 7) is 8.23. The first kappa shape index (κ1) is 15.8. The lowest BCUT2D eigenvalue weighted by Crippen LogP contribution is -2.30. The summed E-state index contributed by atoms with van der Waals surface area (Å²) in [5.41, 5.74) is 5.34. The van der Waals surface area contributed by atoms with Crippen LogP contribution in [0.25, 0.3) is 0 Å². The molecule has 2 aromatic rings. The highest BCUT2D eigenvalue weighted by molar-refractivity contribution is 6.32. The van der Waals surface area contributed by atoms with E-state index in [-0.39, 0.29) is 17.1 Å². The number of hydrogen-bond acceptors (Lipinski definition) is 3. The van der Waals surface area contributed by atoms with Crippen molar-refractivity contribution in [3.05, 3.63) is 56.9 Å². The Balaban J connectivity index is 1.88. The maximum atomic E-state index is 12.6. The van der Waals surface area contributed by atoms with E-state index in [0.717, 1.165) is 28.1 Å². The van der Waals surface area contributed by atoms with Crippen molar-refractivity contribution >= 4 is 17.5 Å². The number of carbonyl (C=O) groups excluding carboxylic acids is 1. The van der Waals surface area contributed by atoms with Gasteiger partial charge in [-0.05, 0) is 50.5 Å². The molecule has 2 heterocycles. The fourth-order valence-electron chi connectivity index (χ4n) is 2.95. The largest absolute Gasteiger partial charge is 0.490 e. The van der Waals surface area contributed by atoms with Gasteiger partial charge in [-0.25, -0.2) is 4.98 Å². The third kappa shape index (κ3) is 2.79. The molecule has 1 aromatic carbocycles. The summed E-state index contributed by atoms with van der Waals surface area (Å²) in [6, 6.07) is 5.74. The quantitative estimate of drug-likeness (QED) is 0.851. The van der Waals surface area contributed by atoms with Crippen LogP contribution in [0.15, 0.2) is 18.2 Å². The van der Waals surface area contributed by atoms with E-state index in [2.05, 4.69) is 10.3 Å². The van der Waals surface area contributed by atoms with Crippen LogP contribution in [0.4, 0.5) is 0 Å². The van der Waals surface area contributed by atoms with Crippen molar-refractivity contribution < 1.29 is 9.53 Å². The minimum atomic E-state index is -0.223. The number of aryl methyl sites for hydroxylation is 3. The molecule has 4 nitrogen and oxygen atoms in total.